The van der Waals surface area contributed by atoms with Gasteiger partial charge in [0.1, 0.15) is 0 Å². The summed E-state index contributed by atoms with van der Waals surface area (Å²) < 4.78 is 0. The maximum absolute atomic E-state index is 3.99. The molecule has 0 rings (SSSR count). The van der Waals surface area contributed by atoms with Crippen LogP contribution in [0.25, 0.3) is 0 Å². The Morgan fingerprint density at radius 2 is 1.83 bits per heavy atom. The van der Waals surface area contributed by atoms with Gasteiger partial charge >= 0.3 is 0 Å². The highest BCUT2D eigenvalue weighted by Gasteiger charge is 1.98. The Kier molecular flexibility index (Phi) is 5.79. The number of hydrogen-bond donors (Lipinski definition) is 0. The summed E-state index contributed by atoms with van der Waals surface area (Å²) in [5, 5.41) is 0. The lowest BCUT2D eigenvalue weighted by atomic mass is 9.98. The molecule has 0 amide bonds. The first-order valence-corrected chi connectivity index (χ1v) is 4.97. The van der Waals surface area contributed by atoms with Crippen molar-refractivity contribution in [1.82, 2.24) is 0 Å². The van der Waals surface area contributed by atoms with Crippen molar-refractivity contribution in [2.45, 2.75) is 47.0 Å². The fourth-order valence-electron chi connectivity index (χ4n) is 1.22. The highest BCUT2D eigenvalue weighted by molar-refractivity contribution is 5.20. The molecule has 0 aliphatic carbocycles. The number of allylic oxidation sites excluding steroid dienone is 3. The van der Waals surface area contributed by atoms with Crippen LogP contribution in [0, 0.1) is 5.92 Å². The van der Waals surface area contributed by atoms with Crippen molar-refractivity contribution in [1.29, 1.82) is 0 Å². The first kappa shape index (κ1) is 11.5. The lowest BCUT2D eigenvalue weighted by molar-refractivity contribution is 0.630. The van der Waals surface area contributed by atoms with Crippen LogP contribution < -0.4 is 0 Å². The van der Waals surface area contributed by atoms with Gasteiger partial charge < -0.3 is 0 Å². The molecule has 12 heavy (non-hydrogen) atoms. The molecule has 0 spiro atoms. The Hall–Kier alpha value is -0.520. The highest BCUT2D eigenvalue weighted by atomic mass is 14.0. The van der Waals surface area contributed by atoms with Crippen LogP contribution >= 0.6 is 0 Å². The Balaban J connectivity index is 4.13. The van der Waals surface area contributed by atoms with Gasteiger partial charge in [0, 0.05) is 0 Å². The van der Waals surface area contributed by atoms with Gasteiger partial charge in [0.25, 0.3) is 0 Å². The molecule has 0 nitrogen and oxygen atoms in total. The second-order valence-electron chi connectivity index (χ2n) is 3.77. The highest BCUT2D eigenvalue weighted by Crippen LogP contribution is 2.16. The fraction of sp³-hybridized carbons (Fsp3) is 0.667. The van der Waals surface area contributed by atoms with Gasteiger partial charge in [-0.2, -0.15) is 0 Å². The Morgan fingerprint density at radius 1 is 1.25 bits per heavy atom. The standard InChI is InChI=1S/C12H22/c1-6-11(5)9-12(7-2)8-10(3)4/h9-10H,5-8H2,1-4H3/b12-9+. The molecule has 0 fully saturated rings. The molecule has 0 bridgehead atoms. The van der Waals surface area contributed by atoms with E-state index in [1.165, 1.54) is 17.6 Å². The van der Waals surface area contributed by atoms with Gasteiger partial charge in [0.05, 0.1) is 0 Å². The van der Waals surface area contributed by atoms with E-state index < -0.39 is 0 Å². The first-order chi connectivity index (χ1) is 5.60. The van der Waals surface area contributed by atoms with Gasteiger partial charge in [-0.1, -0.05) is 51.5 Å². The smallest absolute Gasteiger partial charge is 0.0294 e. The molecule has 70 valence electrons. The van der Waals surface area contributed by atoms with Crippen molar-refractivity contribution in [2.24, 2.45) is 5.92 Å². The van der Waals surface area contributed by atoms with Crippen LogP contribution in [0.2, 0.25) is 0 Å². The van der Waals surface area contributed by atoms with Crippen LogP contribution in [0.5, 0.6) is 0 Å². The summed E-state index contributed by atoms with van der Waals surface area (Å²) in [7, 11) is 0. The van der Waals surface area contributed by atoms with Crippen molar-refractivity contribution in [2.75, 3.05) is 0 Å². The predicted molar refractivity (Wildman–Crippen MR) is 57.3 cm³/mol. The summed E-state index contributed by atoms with van der Waals surface area (Å²) in [6, 6.07) is 0. The quantitative estimate of drug-likeness (QED) is 0.533. The van der Waals surface area contributed by atoms with Crippen molar-refractivity contribution in [3.8, 4) is 0 Å². The van der Waals surface area contributed by atoms with Gasteiger partial charge in [0.2, 0.25) is 0 Å². The summed E-state index contributed by atoms with van der Waals surface area (Å²) in [6.07, 6.45) is 5.72. The molecule has 0 atom stereocenters. The lowest BCUT2D eigenvalue weighted by Gasteiger charge is -2.08. The fourth-order valence-corrected chi connectivity index (χ4v) is 1.22. The Labute approximate surface area is 77.4 Å². The normalized spacial score (nSPS) is 12.2. The van der Waals surface area contributed by atoms with E-state index in [1.807, 2.05) is 0 Å². The van der Waals surface area contributed by atoms with Crippen LogP contribution in [0.4, 0.5) is 0 Å². The van der Waals surface area contributed by atoms with Gasteiger partial charge in [-0.05, 0) is 25.2 Å². The largest absolute Gasteiger partial charge is 0.0958 e. The van der Waals surface area contributed by atoms with Crippen LogP contribution in [0.15, 0.2) is 23.8 Å². The minimum atomic E-state index is 0.765. The van der Waals surface area contributed by atoms with E-state index in [-0.39, 0.29) is 0 Å². The van der Waals surface area contributed by atoms with Gasteiger partial charge in [-0.25, -0.2) is 0 Å². The molecule has 0 aromatic rings. The number of rotatable bonds is 5. The molecule has 0 radical (unpaired) electrons. The summed E-state index contributed by atoms with van der Waals surface area (Å²) >= 11 is 0. The predicted octanol–water partition coefficient (Wildman–Crippen LogP) is 4.34. The van der Waals surface area contributed by atoms with E-state index in [9.17, 15) is 0 Å². The SMILES string of the molecule is C=C(/C=C(\CC)CC(C)C)CC. The molecule has 0 N–H and O–H groups in total. The van der Waals surface area contributed by atoms with E-state index in [2.05, 4.69) is 40.3 Å². The molecule has 0 aromatic heterocycles. The van der Waals surface area contributed by atoms with Gasteiger partial charge in [0.15, 0.2) is 0 Å². The molecule has 0 heteroatoms. The molecular weight excluding hydrogens is 144 g/mol. The second kappa shape index (κ2) is 6.05. The lowest BCUT2D eigenvalue weighted by Crippen LogP contribution is -1.91. The third-order valence-corrected chi connectivity index (χ3v) is 1.99. The summed E-state index contributed by atoms with van der Waals surface area (Å²) in [6.45, 7) is 12.9. The molecule has 0 saturated carbocycles. The summed E-state index contributed by atoms with van der Waals surface area (Å²) in [4.78, 5) is 0. The topological polar surface area (TPSA) is 0 Å². The molecule has 0 aliphatic heterocycles. The zero-order chi connectivity index (χ0) is 9.56. The second-order valence-corrected chi connectivity index (χ2v) is 3.77. The summed E-state index contributed by atoms with van der Waals surface area (Å²) in [5.41, 5.74) is 2.80. The molecule has 0 aromatic carbocycles. The Bertz CT molecular complexity index is 161. The van der Waals surface area contributed by atoms with E-state index in [4.69, 9.17) is 0 Å². The van der Waals surface area contributed by atoms with Crippen LogP contribution in [-0.4, -0.2) is 0 Å². The Morgan fingerprint density at radius 3 is 2.17 bits per heavy atom. The van der Waals surface area contributed by atoms with Gasteiger partial charge in [-0.15, -0.1) is 0 Å². The molecule has 0 unspecified atom stereocenters. The van der Waals surface area contributed by atoms with Crippen LogP contribution in [0.1, 0.15) is 47.0 Å². The monoisotopic (exact) mass is 166 g/mol. The third-order valence-electron chi connectivity index (χ3n) is 1.99. The average Bonchev–Trinajstić information content (AvgIpc) is 2.02. The molecule has 0 heterocycles. The zero-order valence-corrected chi connectivity index (χ0v) is 8.98. The van der Waals surface area contributed by atoms with E-state index >= 15 is 0 Å². The minimum absolute atomic E-state index is 0.765. The first-order valence-electron chi connectivity index (χ1n) is 4.97. The van der Waals surface area contributed by atoms with Crippen LogP contribution in [0.3, 0.4) is 0 Å². The van der Waals surface area contributed by atoms with Crippen molar-refractivity contribution in [3.05, 3.63) is 23.8 Å². The van der Waals surface area contributed by atoms with E-state index in [0.717, 1.165) is 18.8 Å². The van der Waals surface area contributed by atoms with Crippen LogP contribution in [-0.2, 0) is 0 Å². The van der Waals surface area contributed by atoms with Crippen molar-refractivity contribution >= 4 is 0 Å². The van der Waals surface area contributed by atoms with Gasteiger partial charge in [-0.3, -0.25) is 0 Å². The third kappa shape index (κ3) is 5.17. The number of hydrogen-bond acceptors (Lipinski definition) is 0. The summed E-state index contributed by atoms with van der Waals surface area (Å²) in [5.74, 6) is 0.765. The van der Waals surface area contributed by atoms with Crippen molar-refractivity contribution < 1.29 is 0 Å². The van der Waals surface area contributed by atoms with E-state index in [0.29, 0.717) is 0 Å². The van der Waals surface area contributed by atoms with Crippen molar-refractivity contribution in [3.63, 3.8) is 0 Å². The zero-order valence-electron chi connectivity index (χ0n) is 8.98. The van der Waals surface area contributed by atoms with E-state index in [1.54, 1.807) is 0 Å². The maximum atomic E-state index is 3.99. The molecule has 0 saturated heterocycles. The average molecular weight is 166 g/mol. The molecular formula is C12H22. The minimum Gasteiger partial charge on any atom is -0.0958 e. The molecule has 0 aliphatic rings. The maximum Gasteiger partial charge on any atom is -0.0294 e.